The molecule has 1 heterocycles. The minimum Gasteiger partial charge on any atom is -0.413 e. The molecular weight excluding hydrogens is 392 g/mol. The molecule has 2 rings (SSSR count). The van der Waals surface area contributed by atoms with Gasteiger partial charge < -0.3 is 13.9 Å². The van der Waals surface area contributed by atoms with Gasteiger partial charge in [0.1, 0.15) is 5.78 Å². The van der Waals surface area contributed by atoms with Gasteiger partial charge in [0.15, 0.2) is 0 Å². The molecule has 1 aromatic rings. The molecule has 5 heteroatoms. The van der Waals surface area contributed by atoms with Crippen LogP contribution in [0.15, 0.2) is 30.3 Å². The highest BCUT2D eigenvalue weighted by Gasteiger charge is 2.47. The molecule has 0 unspecified atom stereocenters. The smallest absolute Gasteiger partial charge is 0.200 e. The van der Waals surface area contributed by atoms with Crippen LogP contribution in [0, 0.1) is 0 Å². The Balaban J connectivity index is 2.08. The summed E-state index contributed by atoms with van der Waals surface area (Å²) in [6.07, 6.45) is 2.11. The highest BCUT2D eigenvalue weighted by Crippen LogP contribution is 2.44. The summed E-state index contributed by atoms with van der Waals surface area (Å²) < 4.78 is 19.3. The Bertz CT molecular complexity index is 622. The third-order valence-corrected chi connectivity index (χ3v) is 12.6. The molecule has 0 radical (unpaired) electrons. The van der Waals surface area contributed by atoms with Crippen LogP contribution in [-0.2, 0) is 25.3 Å². The number of carbonyl (C=O) groups excluding carboxylic acids is 1. The van der Waals surface area contributed by atoms with E-state index in [1.807, 2.05) is 18.2 Å². The van der Waals surface area contributed by atoms with E-state index in [9.17, 15) is 4.79 Å². The number of Topliss-reactive ketones (excluding diaryl/α,β-unsaturated/α-hetero) is 1. The lowest BCUT2D eigenvalue weighted by molar-refractivity contribution is -0.136. The monoisotopic (exact) mass is 434 g/mol. The van der Waals surface area contributed by atoms with Crippen LogP contribution < -0.4 is 0 Å². The first-order valence-electron chi connectivity index (χ1n) is 11.6. The lowest BCUT2D eigenvalue weighted by Gasteiger charge is -2.47. The Hall–Kier alpha value is -1.01. The quantitative estimate of drug-likeness (QED) is 0.384. The highest BCUT2D eigenvalue weighted by molar-refractivity contribution is 6.77. The molecule has 0 N–H and O–H groups in total. The van der Waals surface area contributed by atoms with E-state index in [1.54, 1.807) is 6.92 Å². The Morgan fingerprint density at radius 1 is 1.00 bits per heavy atom. The summed E-state index contributed by atoms with van der Waals surface area (Å²) in [5, 5.41) is 0. The van der Waals surface area contributed by atoms with Crippen LogP contribution in [0.4, 0.5) is 0 Å². The topological polar surface area (TPSA) is 44.8 Å². The lowest BCUT2D eigenvalue weighted by atomic mass is 9.98. The fraction of sp³-hybridized carbons (Fsp3) is 0.720. The fourth-order valence-corrected chi connectivity index (χ4v) is 10.9. The van der Waals surface area contributed by atoms with E-state index in [4.69, 9.17) is 13.9 Å². The van der Waals surface area contributed by atoms with Crippen molar-refractivity contribution in [3.05, 3.63) is 35.9 Å². The van der Waals surface area contributed by atoms with Gasteiger partial charge in [0, 0.05) is 12.8 Å². The second-order valence-corrected chi connectivity index (χ2v) is 15.2. The predicted octanol–water partition coefficient (Wildman–Crippen LogP) is 6.29. The Morgan fingerprint density at radius 3 is 2.10 bits per heavy atom. The van der Waals surface area contributed by atoms with Crippen LogP contribution in [0.3, 0.4) is 0 Å². The van der Waals surface area contributed by atoms with Crippen molar-refractivity contribution < 1.29 is 18.7 Å². The SMILES string of the molecule is CC(=O)C[C@@H]1C[C@@H](O[Si](C(C)C)(C(C)C)C(C)C)C[C@H](COCc2ccccc2)O1. The summed E-state index contributed by atoms with van der Waals surface area (Å²) in [4.78, 5) is 11.8. The molecule has 1 fully saturated rings. The van der Waals surface area contributed by atoms with Crippen LogP contribution in [0.25, 0.3) is 0 Å². The minimum atomic E-state index is -1.98. The van der Waals surface area contributed by atoms with Gasteiger partial charge in [-0.25, -0.2) is 0 Å². The van der Waals surface area contributed by atoms with Gasteiger partial charge in [-0.05, 0) is 35.5 Å². The van der Waals surface area contributed by atoms with Crippen molar-refractivity contribution in [2.24, 2.45) is 0 Å². The first-order chi connectivity index (χ1) is 14.1. The molecule has 4 nitrogen and oxygen atoms in total. The molecule has 0 bridgehead atoms. The number of hydrogen-bond donors (Lipinski definition) is 0. The molecule has 0 amide bonds. The summed E-state index contributed by atoms with van der Waals surface area (Å²) >= 11 is 0. The van der Waals surface area contributed by atoms with Gasteiger partial charge in [-0.3, -0.25) is 4.79 Å². The van der Waals surface area contributed by atoms with Crippen LogP contribution in [0.2, 0.25) is 16.6 Å². The standard InChI is InChI=1S/C25H42O4Si/c1-18(2)30(19(3)4,20(5)6)29-24-14-23(13-21(7)26)28-25(15-24)17-27-16-22-11-9-8-10-12-22/h8-12,18-20,23-25H,13-17H2,1-7H3/t23-,24-,25-/m1/s1. The molecule has 0 spiro atoms. The first-order valence-corrected chi connectivity index (χ1v) is 13.7. The summed E-state index contributed by atoms with van der Waals surface area (Å²) in [7, 11) is -1.98. The van der Waals surface area contributed by atoms with Gasteiger partial charge in [-0.15, -0.1) is 0 Å². The molecule has 3 atom stereocenters. The molecule has 1 aliphatic rings. The lowest BCUT2D eigenvalue weighted by Crippen LogP contribution is -2.53. The Kier molecular flexibility index (Phi) is 9.73. The average Bonchev–Trinajstić information content (AvgIpc) is 2.65. The van der Waals surface area contributed by atoms with Crippen molar-refractivity contribution in [2.75, 3.05) is 6.61 Å². The zero-order valence-corrected chi connectivity index (χ0v) is 21.0. The fourth-order valence-electron chi connectivity index (χ4n) is 5.30. The number of hydrogen-bond acceptors (Lipinski definition) is 4. The highest BCUT2D eigenvalue weighted by atomic mass is 28.4. The number of ether oxygens (including phenoxy) is 2. The second kappa shape index (κ2) is 11.6. The third-order valence-electron chi connectivity index (χ3n) is 6.44. The maximum absolute atomic E-state index is 11.8. The van der Waals surface area contributed by atoms with Crippen molar-refractivity contribution in [1.29, 1.82) is 0 Å². The molecule has 170 valence electrons. The van der Waals surface area contributed by atoms with Crippen molar-refractivity contribution in [2.45, 2.75) is 109 Å². The maximum Gasteiger partial charge on any atom is 0.200 e. The molecule has 0 aliphatic carbocycles. The third kappa shape index (κ3) is 6.74. The molecule has 1 aromatic carbocycles. The van der Waals surface area contributed by atoms with Crippen molar-refractivity contribution in [3.63, 3.8) is 0 Å². The zero-order valence-electron chi connectivity index (χ0n) is 20.0. The normalized spacial score (nSPS) is 22.8. The molecule has 1 aliphatic heterocycles. The number of carbonyl (C=O) groups is 1. The molecular formula is C25H42O4Si. The van der Waals surface area contributed by atoms with Gasteiger partial charge in [-0.1, -0.05) is 71.9 Å². The Labute approximate surface area is 184 Å². The molecule has 1 saturated heterocycles. The first kappa shape index (κ1) is 25.2. The van der Waals surface area contributed by atoms with E-state index in [2.05, 4.69) is 53.7 Å². The molecule has 0 aromatic heterocycles. The van der Waals surface area contributed by atoms with E-state index in [0.717, 1.165) is 18.4 Å². The van der Waals surface area contributed by atoms with Crippen LogP contribution in [0.1, 0.15) is 73.3 Å². The van der Waals surface area contributed by atoms with Crippen LogP contribution in [0.5, 0.6) is 0 Å². The van der Waals surface area contributed by atoms with E-state index in [0.29, 0.717) is 36.3 Å². The zero-order chi connectivity index (χ0) is 22.3. The van der Waals surface area contributed by atoms with Gasteiger partial charge >= 0.3 is 0 Å². The second-order valence-electron chi connectivity index (χ2n) is 9.82. The van der Waals surface area contributed by atoms with Crippen molar-refractivity contribution in [3.8, 4) is 0 Å². The van der Waals surface area contributed by atoms with Crippen LogP contribution >= 0.6 is 0 Å². The molecule has 0 saturated carbocycles. The van der Waals surface area contributed by atoms with Gasteiger partial charge in [0.05, 0.1) is 31.5 Å². The summed E-state index contributed by atoms with van der Waals surface area (Å²) in [5.74, 6) is 0.171. The predicted molar refractivity (Wildman–Crippen MR) is 125 cm³/mol. The number of rotatable bonds is 11. The summed E-state index contributed by atoms with van der Waals surface area (Å²) in [6.45, 7) is 16.7. The van der Waals surface area contributed by atoms with E-state index >= 15 is 0 Å². The van der Waals surface area contributed by atoms with Crippen LogP contribution in [-0.4, -0.2) is 39.0 Å². The van der Waals surface area contributed by atoms with E-state index in [1.165, 1.54) is 0 Å². The Morgan fingerprint density at radius 2 is 1.57 bits per heavy atom. The minimum absolute atomic E-state index is 0.0324. The van der Waals surface area contributed by atoms with E-state index in [-0.39, 0.29) is 24.1 Å². The summed E-state index contributed by atoms with van der Waals surface area (Å²) in [6, 6.07) is 10.2. The largest absolute Gasteiger partial charge is 0.413 e. The number of ketones is 1. The van der Waals surface area contributed by atoms with E-state index < -0.39 is 8.32 Å². The average molecular weight is 435 g/mol. The van der Waals surface area contributed by atoms with Gasteiger partial charge in [0.25, 0.3) is 0 Å². The number of benzene rings is 1. The van der Waals surface area contributed by atoms with Gasteiger partial charge in [-0.2, -0.15) is 0 Å². The maximum atomic E-state index is 11.8. The van der Waals surface area contributed by atoms with Gasteiger partial charge in [0.2, 0.25) is 8.32 Å². The molecule has 30 heavy (non-hydrogen) atoms. The van der Waals surface area contributed by atoms with Crippen molar-refractivity contribution >= 4 is 14.1 Å². The summed E-state index contributed by atoms with van der Waals surface area (Å²) in [5.41, 5.74) is 2.78. The van der Waals surface area contributed by atoms with Crippen molar-refractivity contribution in [1.82, 2.24) is 0 Å².